The number of unbranched alkanes of at least 4 members (excludes halogenated alkanes) is 1. The van der Waals surface area contributed by atoms with E-state index < -0.39 is 59.2 Å². The van der Waals surface area contributed by atoms with E-state index in [1.165, 1.54) is 6.33 Å². The molecule has 0 radical (unpaired) electrons. The lowest BCUT2D eigenvalue weighted by atomic mass is 9.80. The molecule has 1 aromatic carbocycles. The third kappa shape index (κ3) is 11.8. The fraction of sp³-hybridized carbons (Fsp3) is 0.667. The molecule has 1 aliphatic carbocycles. The molecule has 1 saturated heterocycles. The molecule has 5 atom stereocenters. The highest BCUT2D eigenvalue weighted by molar-refractivity contribution is 5.92. The van der Waals surface area contributed by atoms with E-state index in [1.54, 1.807) is 27.0 Å². The monoisotopic (exact) mass is 708 g/mol. The van der Waals surface area contributed by atoms with Crippen molar-refractivity contribution in [2.75, 3.05) is 6.54 Å². The van der Waals surface area contributed by atoms with Crippen LogP contribution in [0, 0.1) is 11.8 Å². The van der Waals surface area contributed by atoms with Gasteiger partial charge < -0.3 is 35.7 Å². The standard InChI is InChI=1S/C39H60N6O6/c1-7-8-19-45-36(49)29(23-39(45,5)6)33(46)30(20-26-15-11-9-12-16-26)42-35(48)32(22-28-24-40-25-41-28)43-34(47)31(21-27-17-13-10-14-18-27)44-37(50)51-38(2,3)4/h10,13-14,17-18,24-26,29-33,46H,7-9,11-12,15-16,19-23H2,1-6H3,(H,40,41)(H,42,48)(H,43,47)(H,44,50)/t29-,30+,31-,32-,33-/m0/s1. The highest BCUT2D eigenvalue weighted by Crippen LogP contribution is 2.38. The summed E-state index contributed by atoms with van der Waals surface area (Å²) in [5, 5.41) is 20.7. The minimum atomic E-state index is -1.10. The molecule has 2 fully saturated rings. The number of nitrogens with zero attached hydrogens (tertiary/aromatic N) is 2. The van der Waals surface area contributed by atoms with Crippen molar-refractivity contribution in [3.63, 3.8) is 0 Å². The normalized spacial score (nSPS) is 20.3. The van der Waals surface area contributed by atoms with Crippen molar-refractivity contribution in [1.82, 2.24) is 30.8 Å². The van der Waals surface area contributed by atoms with Crippen LogP contribution in [0.15, 0.2) is 42.9 Å². The van der Waals surface area contributed by atoms with Crippen molar-refractivity contribution in [2.45, 2.75) is 148 Å². The van der Waals surface area contributed by atoms with E-state index in [-0.39, 0.29) is 18.7 Å². The van der Waals surface area contributed by atoms with Gasteiger partial charge in [0.2, 0.25) is 17.7 Å². The van der Waals surface area contributed by atoms with Crippen LogP contribution >= 0.6 is 0 Å². The van der Waals surface area contributed by atoms with E-state index >= 15 is 0 Å². The summed E-state index contributed by atoms with van der Waals surface area (Å²) < 4.78 is 5.46. The van der Waals surface area contributed by atoms with Gasteiger partial charge in [-0.3, -0.25) is 14.4 Å². The van der Waals surface area contributed by atoms with Gasteiger partial charge in [0.05, 0.1) is 24.4 Å². The first-order chi connectivity index (χ1) is 24.2. The van der Waals surface area contributed by atoms with E-state index in [1.807, 2.05) is 49.1 Å². The second-order valence-electron chi connectivity index (χ2n) is 16.0. The maximum Gasteiger partial charge on any atom is 0.408 e. The third-order valence-electron chi connectivity index (χ3n) is 10.1. The SMILES string of the molecule is CCCCN1C(=O)[C@H]([C@H](O)[C@@H](CC2CCCCC2)NC(=O)[C@H](Cc2cnc[nH]2)NC(=O)[C@H](Cc2ccccc2)NC(=O)OC(C)(C)C)CC1(C)C. The van der Waals surface area contributed by atoms with Gasteiger partial charge in [-0.2, -0.15) is 0 Å². The number of ether oxygens (including phenoxy) is 1. The second-order valence-corrected chi connectivity index (χ2v) is 16.0. The molecule has 12 heteroatoms. The van der Waals surface area contributed by atoms with E-state index in [4.69, 9.17) is 4.74 Å². The molecular formula is C39H60N6O6. The number of aromatic amines is 1. The predicted molar refractivity (Wildman–Crippen MR) is 195 cm³/mol. The summed E-state index contributed by atoms with van der Waals surface area (Å²) >= 11 is 0. The molecule has 4 rings (SSSR count). The van der Waals surface area contributed by atoms with Crippen LogP contribution in [0.3, 0.4) is 0 Å². The summed E-state index contributed by atoms with van der Waals surface area (Å²) in [6, 6.07) is 6.47. The number of alkyl carbamates (subject to hydrolysis) is 1. The zero-order valence-corrected chi connectivity index (χ0v) is 31.4. The predicted octanol–water partition coefficient (Wildman–Crippen LogP) is 4.82. The number of carbonyl (C=O) groups excluding carboxylic acids is 4. The Morgan fingerprint density at radius 1 is 1.02 bits per heavy atom. The van der Waals surface area contributed by atoms with Gasteiger partial charge in [0.15, 0.2) is 0 Å². The molecule has 0 unspecified atom stereocenters. The Hall–Kier alpha value is -3.93. The highest BCUT2D eigenvalue weighted by Gasteiger charge is 2.49. The number of imidazole rings is 1. The highest BCUT2D eigenvalue weighted by atomic mass is 16.6. The number of likely N-dealkylation sites (tertiary alicyclic amines) is 1. The molecule has 1 saturated carbocycles. The van der Waals surface area contributed by atoms with Crippen LogP contribution in [0.4, 0.5) is 4.79 Å². The molecule has 5 N–H and O–H groups in total. The molecule has 0 spiro atoms. The largest absolute Gasteiger partial charge is 0.444 e. The molecule has 2 aromatic rings. The van der Waals surface area contributed by atoms with Gasteiger partial charge in [0.1, 0.15) is 17.7 Å². The zero-order valence-electron chi connectivity index (χ0n) is 31.4. The van der Waals surface area contributed by atoms with Crippen LogP contribution < -0.4 is 16.0 Å². The maximum atomic E-state index is 14.3. The Kier molecular flexibility index (Phi) is 14.1. The number of benzene rings is 1. The summed E-state index contributed by atoms with van der Waals surface area (Å²) in [7, 11) is 0. The fourth-order valence-electron chi connectivity index (χ4n) is 7.47. The number of aliphatic hydroxyl groups excluding tert-OH is 1. The van der Waals surface area contributed by atoms with Gasteiger partial charge in [-0.05, 0) is 65.4 Å². The summed E-state index contributed by atoms with van der Waals surface area (Å²) in [6.45, 7) is 12.0. The molecule has 0 bridgehead atoms. The first kappa shape index (κ1) is 39.8. The van der Waals surface area contributed by atoms with Gasteiger partial charge in [-0.15, -0.1) is 0 Å². The van der Waals surface area contributed by atoms with E-state index in [2.05, 4.69) is 32.8 Å². The van der Waals surface area contributed by atoms with Crippen LogP contribution in [-0.2, 0) is 32.0 Å². The van der Waals surface area contributed by atoms with E-state index in [0.717, 1.165) is 50.5 Å². The van der Waals surface area contributed by atoms with Crippen LogP contribution in [-0.4, -0.2) is 85.7 Å². The van der Waals surface area contributed by atoms with E-state index in [0.29, 0.717) is 31.0 Å². The first-order valence-electron chi connectivity index (χ1n) is 18.8. The minimum absolute atomic E-state index is 0.0804. The summed E-state index contributed by atoms with van der Waals surface area (Å²) in [5.41, 5.74) is 0.247. The van der Waals surface area contributed by atoms with Crippen LogP contribution in [0.5, 0.6) is 0 Å². The van der Waals surface area contributed by atoms with Gasteiger partial charge in [-0.25, -0.2) is 9.78 Å². The molecule has 51 heavy (non-hydrogen) atoms. The Balaban J connectivity index is 1.58. The number of nitrogens with one attached hydrogen (secondary N) is 4. The van der Waals surface area contributed by atoms with Crippen LogP contribution in [0.25, 0.3) is 0 Å². The molecule has 282 valence electrons. The van der Waals surface area contributed by atoms with Crippen LogP contribution in [0.2, 0.25) is 0 Å². The number of amides is 4. The Morgan fingerprint density at radius 2 is 1.69 bits per heavy atom. The third-order valence-corrected chi connectivity index (χ3v) is 10.1. The Labute approximate surface area is 303 Å². The van der Waals surface area contributed by atoms with Gasteiger partial charge in [0, 0.05) is 36.8 Å². The molecular weight excluding hydrogens is 648 g/mol. The number of rotatable bonds is 16. The smallest absolute Gasteiger partial charge is 0.408 e. The number of H-pyrrole nitrogens is 1. The van der Waals surface area contributed by atoms with Crippen molar-refractivity contribution in [1.29, 1.82) is 0 Å². The number of aliphatic hydroxyl groups is 1. The fourth-order valence-corrected chi connectivity index (χ4v) is 7.47. The summed E-state index contributed by atoms with van der Waals surface area (Å²) in [4.78, 5) is 63.9. The molecule has 4 amide bonds. The van der Waals surface area contributed by atoms with Gasteiger partial charge in [0.25, 0.3) is 0 Å². The average Bonchev–Trinajstić information content (AvgIpc) is 3.67. The lowest BCUT2D eigenvalue weighted by molar-refractivity contribution is -0.137. The second kappa shape index (κ2) is 18.0. The first-order valence-corrected chi connectivity index (χ1v) is 18.8. The molecule has 12 nitrogen and oxygen atoms in total. The number of aromatic nitrogens is 2. The molecule has 2 heterocycles. The van der Waals surface area contributed by atoms with Gasteiger partial charge in [-0.1, -0.05) is 75.8 Å². The minimum Gasteiger partial charge on any atom is -0.444 e. The van der Waals surface area contributed by atoms with E-state index in [9.17, 15) is 24.3 Å². The Morgan fingerprint density at radius 3 is 2.31 bits per heavy atom. The van der Waals surface area contributed by atoms with Crippen molar-refractivity contribution in [3.05, 3.63) is 54.1 Å². The number of hydrogen-bond acceptors (Lipinski definition) is 7. The quantitative estimate of drug-likeness (QED) is 0.167. The van der Waals surface area contributed by atoms with Crippen molar-refractivity contribution < 1.29 is 29.0 Å². The molecule has 2 aliphatic rings. The molecule has 1 aliphatic heterocycles. The molecule has 1 aromatic heterocycles. The lowest BCUT2D eigenvalue weighted by Crippen LogP contribution is -2.58. The topological polar surface area (TPSA) is 166 Å². The number of hydrogen-bond donors (Lipinski definition) is 5. The lowest BCUT2D eigenvalue weighted by Gasteiger charge is -2.33. The van der Waals surface area contributed by atoms with Crippen molar-refractivity contribution in [2.24, 2.45) is 11.8 Å². The van der Waals surface area contributed by atoms with Crippen LogP contribution in [0.1, 0.15) is 111 Å². The summed E-state index contributed by atoms with van der Waals surface area (Å²) in [5.74, 6) is -1.48. The maximum absolute atomic E-state index is 14.3. The zero-order chi connectivity index (χ0) is 37.2. The number of carbonyl (C=O) groups is 4. The van der Waals surface area contributed by atoms with Crippen molar-refractivity contribution in [3.8, 4) is 0 Å². The average molecular weight is 709 g/mol. The van der Waals surface area contributed by atoms with Crippen molar-refractivity contribution >= 4 is 23.8 Å². The van der Waals surface area contributed by atoms with Gasteiger partial charge >= 0.3 is 6.09 Å². The summed E-state index contributed by atoms with van der Waals surface area (Å²) in [6.07, 6.45) is 9.70. The Bertz CT molecular complexity index is 1420.